The number of aromatic hydroxyl groups is 1. The van der Waals surface area contributed by atoms with Crippen molar-refractivity contribution in [2.45, 2.75) is 13.8 Å². The predicted molar refractivity (Wildman–Crippen MR) is 79.3 cm³/mol. The van der Waals surface area contributed by atoms with Crippen LogP contribution in [0.5, 0.6) is 5.75 Å². The quantitative estimate of drug-likeness (QED) is 0.380. The average Bonchev–Trinajstić information content (AvgIpc) is 2.47. The number of hydrogen-bond acceptors (Lipinski definition) is 6. The first-order valence-corrected chi connectivity index (χ1v) is 6.55. The number of esters is 1. The van der Waals surface area contributed by atoms with Gasteiger partial charge >= 0.3 is 5.97 Å². The Morgan fingerprint density at radius 3 is 2.82 bits per heavy atom. The molecule has 114 valence electrons. The van der Waals surface area contributed by atoms with Gasteiger partial charge in [0, 0.05) is 6.20 Å². The summed E-state index contributed by atoms with van der Waals surface area (Å²) in [5, 5.41) is 10.5. The van der Waals surface area contributed by atoms with E-state index < -0.39 is 17.3 Å². The number of aromatic amines is 1. The Labute approximate surface area is 125 Å². The lowest BCUT2D eigenvalue weighted by Gasteiger charge is -2.06. The Morgan fingerprint density at radius 1 is 1.45 bits per heavy atom. The molecule has 0 aliphatic rings. The Hall–Kier alpha value is -2.96. The van der Waals surface area contributed by atoms with Crippen molar-refractivity contribution < 1.29 is 19.4 Å². The van der Waals surface area contributed by atoms with Gasteiger partial charge in [-0.1, -0.05) is 0 Å². The number of ketones is 1. The minimum absolute atomic E-state index is 0.0907. The summed E-state index contributed by atoms with van der Waals surface area (Å²) in [7, 11) is 0. The molecule has 2 aromatic heterocycles. The number of carbonyl (C=O) groups excluding carboxylic acids is 2. The first-order valence-electron chi connectivity index (χ1n) is 6.55. The lowest BCUT2D eigenvalue weighted by atomic mass is 10.1. The molecule has 7 heteroatoms. The van der Waals surface area contributed by atoms with Crippen LogP contribution in [0.4, 0.5) is 0 Å². The molecular weight excluding hydrogens is 288 g/mol. The first kappa shape index (κ1) is 15.4. The third-order valence-electron chi connectivity index (χ3n) is 2.96. The van der Waals surface area contributed by atoms with Crippen molar-refractivity contribution in [3.63, 3.8) is 0 Å². The SMILES string of the molecule is CCOC(=O)/C(=C/c1c(O)c2cccnc2[nH]c1=O)C(C)=O. The van der Waals surface area contributed by atoms with E-state index in [-0.39, 0.29) is 29.1 Å². The summed E-state index contributed by atoms with van der Waals surface area (Å²) < 4.78 is 4.77. The fourth-order valence-corrected chi connectivity index (χ4v) is 1.91. The van der Waals surface area contributed by atoms with E-state index in [0.29, 0.717) is 5.39 Å². The van der Waals surface area contributed by atoms with Crippen molar-refractivity contribution in [3.05, 3.63) is 39.8 Å². The van der Waals surface area contributed by atoms with Gasteiger partial charge in [-0.15, -0.1) is 0 Å². The van der Waals surface area contributed by atoms with Crippen LogP contribution in [0.1, 0.15) is 19.4 Å². The maximum Gasteiger partial charge on any atom is 0.341 e. The predicted octanol–water partition coefficient (Wildman–Crippen LogP) is 1.16. The minimum atomic E-state index is -0.847. The summed E-state index contributed by atoms with van der Waals surface area (Å²) in [6.45, 7) is 2.87. The number of nitrogens with one attached hydrogen (secondary N) is 1. The van der Waals surface area contributed by atoms with Crippen LogP contribution in [0, 0.1) is 0 Å². The smallest absolute Gasteiger partial charge is 0.341 e. The number of aromatic nitrogens is 2. The number of Topliss-reactive ketones (excluding diaryl/α,β-unsaturated/α-hetero) is 1. The maximum atomic E-state index is 12.0. The fraction of sp³-hybridized carbons (Fsp3) is 0.200. The number of fused-ring (bicyclic) bond motifs is 1. The van der Waals surface area contributed by atoms with Crippen LogP contribution in [-0.4, -0.2) is 33.4 Å². The monoisotopic (exact) mass is 302 g/mol. The fourth-order valence-electron chi connectivity index (χ4n) is 1.91. The second-order valence-corrected chi connectivity index (χ2v) is 4.45. The summed E-state index contributed by atoms with van der Waals surface area (Å²) in [5.41, 5.74) is -0.959. The van der Waals surface area contributed by atoms with Gasteiger partial charge in [0.1, 0.15) is 17.0 Å². The highest BCUT2D eigenvalue weighted by atomic mass is 16.5. The van der Waals surface area contributed by atoms with E-state index in [1.807, 2.05) is 0 Å². The zero-order valence-electron chi connectivity index (χ0n) is 12.0. The molecule has 0 unspecified atom stereocenters. The van der Waals surface area contributed by atoms with Crippen molar-refractivity contribution in [2.24, 2.45) is 0 Å². The molecule has 2 N–H and O–H groups in total. The molecule has 22 heavy (non-hydrogen) atoms. The summed E-state index contributed by atoms with van der Waals surface area (Å²) in [6.07, 6.45) is 2.49. The van der Waals surface area contributed by atoms with Crippen LogP contribution < -0.4 is 5.56 Å². The van der Waals surface area contributed by atoms with Crippen molar-refractivity contribution in [2.75, 3.05) is 6.61 Å². The molecule has 0 saturated heterocycles. The molecule has 2 rings (SSSR count). The molecule has 0 aliphatic heterocycles. The summed E-state index contributed by atoms with van der Waals surface area (Å²) in [4.78, 5) is 41.8. The number of carbonyl (C=O) groups is 2. The first-order chi connectivity index (χ1) is 10.5. The molecular formula is C15H14N2O5. The van der Waals surface area contributed by atoms with Crippen LogP contribution in [0.25, 0.3) is 17.1 Å². The highest BCUT2D eigenvalue weighted by Gasteiger charge is 2.19. The highest BCUT2D eigenvalue weighted by molar-refractivity contribution is 6.20. The zero-order valence-corrected chi connectivity index (χ0v) is 12.0. The Kier molecular flexibility index (Phi) is 4.36. The molecule has 0 radical (unpaired) electrons. The van der Waals surface area contributed by atoms with Crippen LogP contribution >= 0.6 is 0 Å². The molecule has 2 heterocycles. The van der Waals surface area contributed by atoms with E-state index in [4.69, 9.17) is 4.74 Å². The van der Waals surface area contributed by atoms with Crippen molar-refractivity contribution in [1.29, 1.82) is 0 Å². The molecule has 0 amide bonds. The molecule has 2 aromatic rings. The maximum absolute atomic E-state index is 12.0. The van der Waals surface area contributed by atoms with Gasteiger partial charge in [-0.25, -0.2) is 9.78 Å². The lowest BCUT2D eigenvalue weighted by Crippen LogP contribution is -2.16. The highest BCUT2D eigenvalue weighted by Crippen LogP contribution is 2.25. The minimum Gasteiger partial charge on any atom is -0.506 e. The number of pyridine rings is 2. The van der Waals surface area contributed by atoms with Crippen LogP contribution in [-0.2, 0) is 14.3 Å². The number of nitrogens with zero attached hydrogens (tertiary/aromatic N) is 1. The normalized spacial score (nSPS) is 11.5. The van der Waals surface area contributed by atoms with E-state index >= 15 is 0 Å². The molecule has 0 aliphatic carbocycles. The molecule has 0 saturated carbocycles. The number of rotatable bonds is 4. The summed E-state index contributed by atoms with van der Waals surface area (Å²) in [6, 6.07) is 3.15. The van der Waals surface area contributed by atoms with Gasteiger partial charge in [0.2, 0.25) is 0 Å². The molecule has 7 nitrogen and oxygen atoms in total. The Bertz CT molecular complexity index is 835. The Balaban J connectivity index is 2.67. The topological polar surface area (TPSA) is 109 Å². The summed E-state index contributed by atoms with van der Waals surface area (Å²) in [5.74, 6) is -1.77. The summed E-state index contributed by atoms with van der Waals surface area (Å²) >= 11 is 0. The number of H-pyrrole nitrogens is 1. The average molecular weight is 302 g/mol. The molecule has 0 spiro atoms. The third-order valence-corrected chi connectivity index (χ3v) is 2.96. The van der Waals surface area contributed by atoms with E-state index in [1.165, 1.54) is 13.1 Å². The number of hydrogen-bond donors (Lipinski definition) is 2. The molecule has 0 atom stereocenters. The van der Waals surface area contributed by atoms with Gasteiger partial charge in [0.25, 0.3) is 5.56 Å². The number of ether oxygens (including phenoxy) is 1. The third kappa shape index (κ3) is 2.88. The van der Waals surface area contributed by atoms with Gasteiger partial charge < -0.3 is 14.8 Å². The van der Waals surface area contributed by atoms with Gasteiger partial charge in [-0.05, 0) is 32.1 Å². The lowest BCUT2D eigenvalue weighted by molar-refractivity contribution is -0.139. The second kappa shape index (κ2) is 6.21. The molecule has 0 aromatic carbocycles. The van der Waals surface area contributed by atoms with Crippen molar-refractivity contribution in [3.8, 4) is 5.75 Å². The van der Waals surface area contributed by atoms with E-state index in [2.05, 4.69) is 9.97 Å². The van der Waals surface area contributed by atoms with E-state index in [1.54, 1.807) is 19.1 Å². The van der Waals surface area contributed by atoms with Gasteiger partial charge in [-0.3, -0.25) is 9.59 Å². The van der Waals surface area contributed by atoms with E-state index in [9.17, 15) is 19.5 Å². The van der Waals surface area contributed by atoms with Crippen molar-refractivity contribution in [1.82, 2.24) is 9.97 Å². The van der Waals surface area contributed by atoms with Crippen LogP contribution in [0.2, 0.25) is 0 Å². The standard InChI is InChI=1S/C15H14N2O5/c1-3-22-15(21)10(8(2)18)7-11-12(19)9-5-4-6-16-13(9)17-14(11)20/h4-7H,3H2,1-2H3,(H2,16,17,19,20)/b10-7+. The zero-order chi connectivity index (χ0) is 16.3. The van der Waals surface area contributed by atoms with Crippen LogP contribution in [0.3, 0.4) is 0 Å². The molecule has 0 fully saturated rings. The largest absolute Gasteiger partial charge is 0.506 e. The second-order valence-electron chi connectivity index (χ2n) is 4.45. The Morgan fingerprint density at radius 2 is 2.18 bits per heavy atom. The van der Waals surface area contributed by atoms with Gasteiger partial charge in [0.05, 0.1) is 17.6 Å². The van der Waals surface area contributed by atoms with Crippen molar-refractivity contribution >= 4 is 28.9 Å². The molecule has 0 bridgehead atoms. The van der Waals surface area contributed by atoms with E-state index in [0.717, 1.165) is 6.08 Å². The van der Waals surface area contributed by atoms with Crippen LogP contribution in [0.15, 0.2) is 28.7 Å². The van der Waals surface area contributed by atoms with Gasteiger partial charge in [-0.2, -0.15) is 0 Å². The van der Waals surface area contributed by atoms with Gasteiger partial charge in [0.15, 0.2) is 5.78 Å².